The number of ether oxygens (including phenoxy) is 2. The predicted molar refractivity (Wildman–Crippen MR) is 142 cm³/mol. The van der Waals surface area contributed by atoms with E-state index < -0.39 is 17.6 Å². The van der Waals surface area contributed by atoms with Crippen molar-refractivity contribution in [2.45, 2.75) is 57.3 Å². The molecule has 12 heteroatoms. The maximum atomic E-state index is 12.9. The van der Waals surface area contributed by atoms with Gasteiger partial charge in [0.25, 0.3) is 5.91 Å². The maximum absolute atomic E-state index is 12.9. The Hall–Kier alpha value is -4.08. The SMILES string of the molecule is COC1CCC1.COC1CCN(Cc2cc3c(nc2C=O)N(C(=O)Nc2cc(=O)c(C#N)c[nH]2)CCC3)C1=O. The van der Waals surface area contributed by atoms with Gasteiger partial charge < -0.3 is 19.4 Å². The van der Waals surface area contributed by atoms with E-state index in [4.69, 9.17) is 14.7 Å². The molecule has 2 aromatic rings. The van der Waals surface area contributed by atoms with E-state index in [-0.39, 0.29) is 29.5 Å². The molecule has 5 rings (SSSR count). The van der Waals surface area contributed by atoms with Gasteiger partial charge in [-0.2, -0.15) is 5.26 Å². The average Bonchev–Trinajstić information content (AvgIpc) is 3.26. The van der Waals surface area contributed by atoms with Gasteiger partial charge >= 0.3 is 6.03 Å². The first-order valence-corrected chi connectivity index (χ1v) is 12.9. The molecule has 12 nitrogen and oxygen atoms in total. The van der Waals surface area contributed by atoms with E-state index in [1.54, 1.807) is 18.1 Å². The van der Waals surface area contributed by atoms with Crippen LogP contribution in [-0.4, -0.2) is 72.6 Å². The normalized spacial score (nSPS) is 18.4. The Labute approximate surface area is 225 Å². The summed E-state index contributed by atoms with van der Waals surface area (Å²) in [7, 11) is 3.28. The van der Waals surface area contributed by atoms with Crippen molar-refractivity contribution in [2.24, 2.45) is 0 Å². The number of carbonyl (C=O) groups excluding carboxylic acids is 3. The second-order valence-electron chi connectivity index (χ2n) is 9.62. The minimum absolute atomic E-state index is 0.0607. The number of likely N-dealkylation sites (tertiary alicyclic amines) is 1. The number of carbonyl (C=O) groups is 3. The molecule has 2 fully saturated rings. The van der Waals surface area contributed by atoms with Crippen LogP contribution in [0.25, 0.3) is 0 Å². The number of aromatic amines is 1. The number of nitrogens with one attached hydrogen (secondary N) is 2. The molecule has 206 valence electrons. The number of aryl methyl sites for hydroxylation is 1. The maximum Gasteiger partial charge on any atom is 0.328 e. The zero-order valence-electron chi connectivity index (χ0n) is 22.1. The highest BCUT2D eigenvalue weighted by molar-refractivity contribution is 6.01. The molecule has 4 heterocycles. The molecule has 1 atom stereocenters. The van der Waals surface area contributed by atoms with Crippen LogP contribution < -0.4 is 15.6 Å². The number of H-pyrrole nitrogens is 1. The number of aldehydes is 1. The lowest BCUT2D eigenvalue weighted by atomic mass is 9.96. The lowest BCUT2D eigenvalue weighted by molar-refractivity contribution is -0.136. The summed E-state index contributed by atoms with van der Waals surface area (Å²) >= 11 is 0. The fourth-order valence-electron chi connectivity index (χ4n) is 4.70. The summed E-state index contributed by atoms with van der Waals surface area (Å²) in [6.45, 7) is 1.15. The number of rotatable bonds is 6. The number of anilines is 2. The molecule has 2 aliphatic heterocycles. The molecule has 3 aliphatic rings. The van der Waals surface area contributed by atoms with Crippen LogP contribution in [0.2, 0.25) is 0 Å². The molecule has 0 radical (unpaired) electrons. The van der Waals surface area contributed by atoms with Gasteiger partial charge in [-0.05, 0) is 43.7 Å². The molecule has 0 aromatic carbocycles. The summed E-state index contributed by atoms with van der Waals surface area (Å²) in [6.07, 6.45) is 7.88. The Bertz CT molecular complexity index is 1330. The van der Waals surface area contributed by atoms with E-state index in [1.807, 2.05) is 6.07 Å². The minimum Gasteiger partial charge on any atom is -0.381 e. The Kier molecular flexibility index (Phi) is 9.06. The van der Waals surface area contributed by atoms with Gasteiger partial charge in [-0.15, -0.1) is 0 Å². The smallest absolute Gasteiger partial charge is 0.328 e. The van der Waals surface area contributed by atoms with Crippen molar-refractivity contribution in [3.8, 4) is 6.07 Å². The number of methoxy groups -OCH3 is 2. The standard InChI is InChI=1S/C22H22N6O5.C5H10O/c1-33-18-4-6-27(21(18)31)11-14-7-13-3-2-5-28(20(13)25-16(14)12-29)22(32)26-19-8-17(30)15(9-23)10-24-19;1-6-5-3-2-4-5/h7-8,10,12,18H,2-6,11H2,1H3,(H2,24,26,30,32);5H,2-4H2,1H3. The number of amides is 3. The molecular formula is C27H32N6O6. The molecule has 2 N–H and O–H groups in total. The van der Waals surface area contributed by atoms with E-state index in [2.05, 4.69) is 15.3 Å². The fraction of sp³-hybridized carbons (Fsp3) is 0.481. The number of nitriles is 1. The number of urea groups is 1. The van der Waals surface area contributed by atoms with Crippen molar-refractivity contribution < 1.29 is 23.9 Å². The highest BCUT2D eigenvalue weighted by Gasteiger charge is 2.33. The summed E-state index contributed by atoms with van der Waals surface area (Å²) in [5.41, 5.74) is 1.000. The first-order valence-electron chi connectivity index (χ1n) is 12.9. The van der Waals surface area contributed by atoms with E-state index >= 15 is 0 Å². The van der Waals surface area contributed by atoms with Gasteiger partial charge in [-0.3, -0.25) is 24.6 Å². The van der Waals surface area contributed by atoms with Crippen LogP contribution in [0, 0.1) is 11.3 Å². The molecule has 0 spiro atoms. The molecule has 1 saturated carbocycles. The van der Waals surface area contributed by atoms with Crippen molar-refractivity contribution in [1.82, 2.24) is 14.9 Å². The lowest BCUT2D eigenvalue weighted by Gasteiger charge is -2.29. The molecule has 1 aliphatic carbocycles. The highest BCUT2D eigenvalue weighted by atomic mass is 16.5. The van der Waals surface area contributed by atoms with Crippen molar-refractivity contribution in [3.05, 3.63) is 50.9 Å². The molecule has 1 unspecified atom stereocenters. The third-order valence-corrected chi connectivity index (χ3v) is 7.19. The van der Waals surface area contributed by atoms with Gasteiger partial charge in [0.2, 0.25) is 5.43 Å². The largest absolute Gasteiger partial charge is 0.381 e. The van der Waals surface area contributed by atoms with E-state index in [1.165, 1.54) is 37.5 Å². The minimum atomic E-state index is -0.522. The van der Waals surface area contributed by atoms with Crippen LogP contribution in [0.15, 0.2) is 23.1 Å². The summed E-state index contributed by atoms with van der Waals surface area (Å²) in [4.78, 5) is 59.1. The highest BCUT2D eigenvalue weighted by Crippen LogP contribution is 2.29. The molecular weight excluding hydrogens is 504 g/mol. The number of fused-ring (bicyclic) bond motifs is 1. The van der Waals surface area contributed by atoms with E-state index in [0.29, 0.717) is 56.1 Å². The van der Waals surface area contributed by atoms with Gasteiger partial charge in [0.05, 0.1) is 6.10 Å². The fourth-order valence-corrected chi connectivity index (χ4v) is 4.70. The van der Waals surface area contributed by atoms with Gasteiger partial charge in [0.1, 0.15) is 35.1 Å². The summed E-state index contributed by atoms with van der Waals surface area (Å²) in [5.74, 6) is 0.385. The van der Waals surface area contributed by atoms with Crippen LogP contribution in [0.5, 0.6) is 0 Å². The first-order chi connectivity index (χ1) is 18.9. The third kappa shape index (κ3) is 6.32. The molecule has 3 amide bonds. The summed E-state index contributed by atoms with van der Waals surface area (Å²) < 4.78 is 10.2. The van der Waals surface area contributed by atoms with Crippen LogP contribution in [0.4, 0.5) is 16.4 Å². The quantitative estimate of drug-likeness (QED) is 0.533. The average molecular weight is 537 g/mol. The van der Waals surface area contributed by atoms with Crippen LogP contribution in [-0.2, 0) is 27.2 Å². The third-order valence-electron chi connectivity index (χ3n) is 7.19. The van der Waals surface area contributed by atoms with Gasteiger partial charge in [-0.1, -0.05) is 0 Å². The van der Waals surface area contributed by atoms with Gasteiger partial charge in [0, 0.05) is 58.1 Å². The molecule has 1 saturated heterocycles. The second kappa shape index (κ2) is 12.6. The number of hydrogen-bond donors (Lipinski definition) is 2. The molecule has 0 bridgehead atoms. The number of nitrogens with zero attached hydrogens (tertiary/aromatic N) is 4. The van der Waals surface area contributed by atoms with Crippen LogP contribution in [0.3, 0.4) is 0 Å². The second-order valence-corrected chi connectivity index (χ2v) is 9.62. The monoisotopic (exact) mass is 536 g/mol. The van der Waals surface area contributed by atoms with Crippen LogP contribution >= 0.6 is 0 Å². The van der Waals surface area contributed by atoms with Gasteiger partial charge in [-0.25, -0.2) is 9.78 Å². The first kappa shape index (κ1) is 27.9. The van der Waals surface area contributed by atoms with Crippen molar-refractivity contribution in [2.75, 3.05) is 37.5 Å². The lowest BCUT2D eigenvalue weighted by Crippen LogP contribution is -2.40. The Morgan fingerprint density at radius 3 is 2.56 bits per heavy atom. The number of pyridine rings is 2. The summed E-state index contributed by atoms with van der Waals surface area (Å²) in [6, 6.07) is 4.20. The Morgan fingerprint density at radius 2 is 2.00 bits per heavy atom. The van der Waals surface area contributed by atoms with Crippen molar-refractivity contribution >= 4 is 29.9 Å². The van der Waals surface area contributed by atoms with Crippen molar-refractivity contribution in [3.63, 3.8) is 0 Å². The van der Waals surface area contributed by atoms with Gasteiger partial charge in [0.15, 0.2) is 6.29 Å². The van der Waals surface area contributed by atoms with E-state index in [9.17, 15) is 19.2 Å². The molecule has 2 aromatic heterocycles. The van der Waals surface area contributed by atoms with Crippen LogP contribution in [0.1, 0.15) is 59.3 Å². The Balaban J connectivity index is 0.000000519. The molecule has 39 heavy (non-hydrogen) atoms. The topological polar surface area (TPSA) is 158 Å². The van der Waals surface area contributed by atoms with Crippen molar-refractivity contribution in [1.29, 1.82) is 5.26 Å². The summed E-state index contributed by atoms with van der Waals surface area (Å²) in [5, 5.41) is 11.5. The van der Waals surface area contributed by atoms with E-state index in [0.717, 1.165) is 11.6 Å². The number of aromatic nitrogens is 2. The zero-order chi connectivity index (χ0) is 27.9. The predicted octanol–water partition coefficient (Wildman–Crippen LogP) is 2.37. The number of hydrogen-bond acceptors (Lipinski definition) is 8. The zero-order valence-corrected chi connectivity index (χ0v) is 22.1. The Morgan fingerprint density at radius 1 is 1.21 bits per heavy atom.